The summed E-state index contributed by atoms with van der Waals surface area (Å²) < 4.78 is 5.70. The molecule has 102 valence electrons. The molecule has 0 aromatic rings. The standard InChI is InChI=1S/C14H30N2O/c1-13(2)15-9-6-11-17-12-8-14-7-4-5-10-16(14)3/h13-15H,4-12H2,1-3H3. The van der Waals surface area contributed by atoms with Gasteiger partial charge in [-0.2, -0.15) is 0 Å². The van der Waals surface area contributed by atoms with Gasteiger partial charge in [-0.15, -0.1) is 0 Å². The summed E-state index contributed by atoms with van der Waals surface area (Å²) in [5, 5.41) is 3.40. The van der Waals surface area contributed by atoms with E-state index < -0.39 is 0 Å². The van der Waals surface area contributed by atoms with Gasteiger partial charge in [0.15, 0.2) is 0 Å². The minimum Gasteiger partial charge on any atom is -0.381 e. The summed E-state index contributed by atoms with van der Waals surface area (Å²) in [5.74, 6) is 0. The van der Waals surface area contributed by atoms with Crippen molar-refractivity contribution < 1.29 is 4.74 Å². The zero-order valence-electron chi connectivity index (χ0n) is 11.9. The zero-order valence-corrected chi connectivity index (χ0v) is 11.9. The zero-order chi connectivity index (χ0) is 12.5. The van der Waals surface area contributed by atoms with Gasteiger partial charge in [0, 0.05) is 25.3 Å². The summed E-state index contributed by atoms with van der Waals surface area (Å²) >= 11 is 0. The second-order valence-corrected chi connectivity index (χ2v) is 5.49. The first-order valence-electron chi connectivity index (χ1n) is 7.21. The second kappa shape index (κ2) is 8.90. The van der Waals surface area contributed by atoms with Crippen LogP contribution in [0.3, 0.4) is 0 Å². The van der Waals surface area contributed by atoms with E-state index in [0.29, 0.717) is 6.04 Å². The van der Waals surface area contributed by atoms with Gasteiger partial charge in [-0.05, 0) is 45.8 Å². The van der Waals surface area contributed by atoms with Crippen LogP contribution in [0.15, 0.2) is 0 Å². The quantitative estimate of drug-likeness (QED) is 0.661. The molecule has 1 saturated heterocycles. The summed E-state index contributed by atoms with van der Waals surface area (Å²) in [7, 11) is 2.25. The van der Waals surface area contributed by atoms with E-state index in [1.54, 1.807) is 0 Å². The highest BCUT2D eigenvalue weighted by Gasteiger charge is 2.17. The van der Waals surface area contributed by atoms with Crippen LogP contribution in [0.2, 0.25) is 0 Å². The van der Waals surface area contributed by atoms with Crippen molar-refractivity contribution in [1.29, 1.82) is 0 Å². The third-order valence-electron chi connectivity index (χ3n) is 3.53. The fraction of sp³-hybridized carbons (Fsp3) is 1.00. The van der Waals surface area contributed by atoms with Crippen LogP contribution in [0.5, 0.6) is 0 Å². The normalized spacial score (nSPS) is 22.2. The van der Waals surface area contributed by atoms with Crippen molar-refractivity contribution in [3.05, 3.63) is 0 Å². The largest absolute Gasteiger partial charge is 0.381 e. The molecule has 0 aliphatic carbocycles. The summed E-state index contributed by atoms with van der Waals surface area (Å²) in [5.41, 5.74) is 0. The molecule has 0 amide bonds. The Kier molecular flexibility index (Phi) is 7.82. The predicted octanol–water partition coefficient (Wildman–Crippen LogP) is 2.27. The summed E-state index contributed by atoms with van der Waals surface area (Å²) in [6, 6.07) is 1.35. The van der Waals surface area contributed by atoms with Crippen LogP contribution in [0.4, 0.5) is 0 Å². The topological polar surface area (TPSA) is 24.5 Å². The number of nitrogens with zero attached hydrogens (tertiary/aromatic N) is 1. The average Bonchev–Trinajstić information content (AvgIpc) is 2.30. The first-order chi connectivity index (χ1) is 8.20. The van der Waals surface area contributed by atoms with E-state index in [0.717, 1.165) is 32.2 Å². The van der Waals surface area contributed by atoms with Crippen LogP contribution >= 0.6 is 0 Å². The Morgan fingerprint density at radius 3 is 2.82 bits per heavy atom. The first kappa shape index (κ1) is 14.9. The molecule has 1 rings (SSSR count). The van der Waals surface area contributed by atoms with E-state index in [9.17, 15) is 0 Å². The molecule has 0 saturated carbocycles. The van der Waals surface area contributed by atoms with Crippen molar-refractivity contribution in [2.45, 2.75) is 58.0 Å². The summed E-state index contributed by atoms with van der Waals surface area (Å²) in [4.78, 5) is 2.49. The number of piperidine rings is 1. The van der Waals surface area contributed by atoms with E-state index in [2.05, 4.69) is 31.1 Å². The molecule has 1 aliphatic heterocycles. The van der Waals surface area contributed by atoms with Gasteiger partial charge in [-0.3, -0.25) is 0 Å². The van der Waals surface area contributed by atoms with Crippen LogP contribution in [0, 0.1) is 0 Å². The van der Waals surface area contributed by atoms with Gasteiger partial charge in [0.25, 0.3) is 0 Å². The maximum Gasteiger partial charge on any atom is 0.0480 e. The lowest BCUT2D eigenvalue weighted by molar-refractivity contribution is 0.0906. The Labute approximate surface area is 107 Å². The Bertz CT molecular complexity index is 185. The van der Waals surface area contributed by atoms with Crippen molar-refractivity contribution in [3.63, 3.8) is 0 Å². The van der Waals surface area contributed by atoms with Crippen molar-refractivity contribution in [1.82, 2.24) is 10.2 Å². The highest BCUT2D eigenvalue weighted by Crippen LogP contribution is 2.17. The molecule has 0 aromatic heterocycles. The van der Waals surface area contributed by atoms with Crippen molar-refractivity contribution in [2.75, 3.05) is 33.4 Å². The Hall–Kier alpha value is -0.120. The second-order valence-electron chi connectivity index (χ2n) is 5.49. The molecule has 17 heavy (non-hydrogen) atoms. The molecule has 0 aromatic carbocycles. The van der Waals surface area contributed by atoms with E-state index >= 15 is 0 Å². The summed E-state index contributed by atoms with van der Waals surface area (Å²) in [6.07, 6.45) is 6.45. The van der Waals surface area contributed by atoms with Gasteiger partial charge in [0.05, 0.1) is 0 Å². The number of nitrogens with one attached hydrogen (secondary N) is 1. The number of hydrogen-bond acceptors (Lipinski definition) is 3. The first-order valence-corrected chi connectivity index (χ1v) is 7.21. The molecule has 1 heterocycles. The Balaban J connectivity index is 1.89. The van der Waals surface area contributed by atoms with Crippen LogP contribution in [-0.2, 0) is 4.74 Å². The van der Waals surface area contributed by atoms with E-state index in [4.69, 9.17) is 4.74 Å². The molecule has 0 spiro atoms. The maximum atomic E-state index is 5.70. The number of likely N-dealkylation sites (tertiary alicyclic amines) is 1. The number of hydrogen-bond donors (Lipinski definition) is 1. The molecule has 0 bridgehead atoms. The van der Waals surface area contributed by atoms with Gasteiger partial charge in [0.2, 0.25) is 0 Å². The minimum atomic E-state index is 0.589. The Morgan fingerprint density at radius 2 is 2.12 bits per heavy atom. The molecule has 3 heteroatoms. The smallest absolute Gasteiger partial charge is 0.0480 e. The van der Waals surface area contributed by atoms with Gasteiger partial charge in [-0.25, -0.2) is 0 Å². The highest BCUT2D eigenvalue weighted by atomic mass is 16.5. The van der Waals surface area contributed by atoms with Gasteiger partial charge < -0.3 is 15.0 Å². The third kappa shape index (κ3) is 7.02. The van der Waals surface area contributed by atoms with Crippen LogP contribution in [0.25, 0.3) is 0 Å². The molecular weight excluding hydrogens is 212 g/mol. The number of rotatable bonds is 8. The molecule has 1 aliphatic rings. The molecular formula is C14H30N2O. The molecule has 1 fully saturated rings. The van der Waals surface area contributed by atoms with Crippen molar-refractivity contribution >= 4 is 0 Å². The molecule has 0 radical (unpaired) electrons. The van der Waals surface area contributed by atoms with Crippen LogP contribution < -0.4 is 5.32 Å². The predicted molar refractivity (Wildman–Crippen MR) is 73.5 cm³/mol. The third-order valence-corrected chi connectivity index (χ3v) is 3.53. The molecule has 1 atom stereocenters. The average molecular weight is 242 g/mol. The van der Waals surface area contributed by atoms with Crippen LogP contribution in [0.1, 0.15) is 46.0 Å². The van der Waals surface area contributed by atoms with Crippen molar-refractivity contribution in [3.8, 4) is 0 Å². The molecule has 1 N–H and O–H groups in total. The monoisotopic (exact) mass is 242 g/mol. The Morgan fingerprint density at radius 1 is 1.29 bits per heavy atom. The maximum absolute atomic E-state index is 5.70. The van der Waals surface area contributed by atoms with Gasteiger partial charge in [-0.1, -0.05) is 20.3 Å². The van der Waals surface area contributed by atoms with Gasteiger partial charge >= 0.3 is 0 Å². The fourth-order valence-corrected chi connectivity index (χ4v) is 2.40. The van der Waals surface area contributed by atoms with E-state index in [1.165, 1.54) is 32.2 Å². The fourth-order valence-electron chi connectivity index (χ4n) is 2.40. The number of ether oxygens (including phenoxy) is 1. The highest BCUT2D eigenvalue weighted by molar-refractivity contribution is 4.73. The van der Waals surface area contributed by atoms with Gasteiger partial charge in [0.1, 0.15) is 0 Å². The van der Waals surface area contributed by atoms with E-state index in [-0.39, 0.29) is 0 Å². The minimum absolute atomic E-state index is 0.589. The summed E-state index contributed by atoms with van der Waals surface area (Å²) in [6.45, 7) is 8.52. The van der Waals surface area contributed by atoms with E-state index in [1.807, 2.05) is 0 Å². The lowest BCUT2D eigenvalue weighted by atomic mass is 10.0. The van der Waals surface area contributed by atoms with Crippen molar-refractivity contribution in [2.24, 2.45) is 0 Å². The molecule has 1 unspecified atom stereocenters. The lowest BCUT2D eigenvalue weighted by Crippen LogP contribution is -2.36. The SMILES string of the molecule is CC(C)NCCCOCCC1CCCCN1C. The lowest BCUT2D eigenvalue weighted by Gasteiger charge is -2.32. The van der Waals surface area contributed by atoms with Crippen LogP contribution in [-0.4, -0.2) is 50.3 Å². The molecule has 3 nitrogen and oxygen atoms in total.